The van der Waals surface area contributed by atoms with Crippen LogP contribution in [0.4, 0.5) is 0 Å². The molecule has 1 N–H and O–H groups in total. The quantitative estimate of drug-likeness (QED) is 0.528. The van der Waals surface area contributed by atoms with Gasteiger partial charge in [0, 0.05) is 12.5 Å². The van der Waals surface area contributed by atoms with Gasteiger partial charge in [0.25, 0.3) is 0 Å². The second-order valence-electron chi connectivity index (χ2n) is 7.93. The minimum Gasteiger partial charge on any atom is -0.376 e. The summed E-state index contributed by atoms with van der Waals surface area (Å²) >= 11 is 0. The fourth-order valence-corrected chi connectivity index (χ4v) is 3.40. The van der Waals surface area contributed by atoms with Gasteiger partial charge < -0.3 is 10.1 Å². The van der Waals surface area contributed by atoms with Crippen LogP contribution in [0.2, 0.25) is 0 Å². The van der Waals surface area contributed by atoms with E-state index in [0.717, 1.165) is 38.0 Å². The number of ether oxygens (including phenoxy) is 1. The summed E-state index contributed by atoms with van der Waals surface area (Å²) in [5, 5.41) is 3.22. The zero-order chi connectivity index (χ0) is 17.1. The summed E-state index contributed by atoms with van der Waals surface area (Å²) in [6.45, 7) is 8.76. The van der Waals surface area contributed by atoms with Gasteiger partial charge >= 0.3 is 0 Å². The second-order valence-corrected chi connectivity index (χ2v) is 7.93. The average Bonchev–Trinajstić information content (AvgIpc) is 2.47. The molecule has 0 bridgehead atoms. The third-order valence-electron chi connectivity index (χ3n) is 4.69. The van der Waals surface area contributed by atoms with Gasteiger partial charge in [-0.15, -0.1) is 0 Å². The van der Waals surface area contributed by atoms with Crippen LogP contribution in [0.25, 0.3) is 0 Å². The molecular formula is C20H39NO2. The van der Waals surface area contributed by atoms with Gasteiger partial charge in [-0.25, -0.2) is 0 Å². The van der Waals surface area contributed by atoms with E-state index in [4.69, 9.17) is 4.74 Å². The molecule has 136 valence electrons. The maximum Gasteiger partial charge on any atom is 0.220 e. The highest BCUT2D eigenvalue weighted by atomic mass is 16.5. The Morgan fingerprint density at radius 3 is 2.17 bits per heavy atom. The Kier molecular flexibility index (Phi) is 10.6. The molecular weight excluding hydrogens is 286 g/mol. The molecule has 1 aliphatic rings. The second kappa shape index (κ2) is 11.9. The van der Waals surface area contributed by atoms with Gasteiger partial charge in [0.1, 0.15) is 0 Å². The molecule has 0 heterocycles. The first-order chi connectivity index (χ1) is 11.0. The standard InChI is InChI=1S/C20H39NO2/c1-16(2)10-8-6-5-7-9-11-20(22)21-18-12-14-19(15-13-18)23-17(3)4/h16-19H,5-15H2,1-4H3,(H,21,22). The van der Waals surface area contributed by atoms with Gasteiger partial charge in [0.2, 0.25) is 5.91 Å². The van der Waals surface area contributed by atoms with E-state index in [2.05, 4.69) is 33.0 Å². The first kappa shape index (κ1) is 20.5. The van der Waals surface area contributed by atoms with E-state index in [1.807, 2.05) is 0 Å². The summed E-state index contributed by atoms with van der Waals surface area (Å²) < 4.78 is 5.86. The third-order valence-corrected chi connectivity index (χ3v) is 4.69. The normalized spacial score (nSPS) is 21.8. The molecule has 1 aliphatic carbocycles. The lowest BCUT2D eigenvalue weighted by Gasteiger charge is -2.30. The predicted molar refractivity (Wildman–Crippen MR) is 97.6 cm³/mol. The van der Waals surface area contributed by atoms with E-state index in [-0.39, 0.29) is 5.91 Å². The van der Waals surface area contributed by atoms with Gasteiger partial charge in [-0.3, -0.25) is 4.79 Å². The van der Waals surface area contributed by atoms with E-state index >= 15 is 0 Å². The van der Waals surface area contributed by atoms with Gasteiger partial charge in [-0.05, 0) is 51.9 Å². The number of amides is 1. The van der Waals surface area contributed by atoms with Crippen LogP contribution in [-0.4, -0.2) is 24.2 Å². The number of hydrogen-bond donors (Lipinski definition) is 1. The van der Waals surface area contributed by atoms with E-state index in [0.29, 0.717) is 24.7 Å². The van der Waals surface area contributed by atoms with Crippen LogP contribution in [0.5, 0.6) is 0 Å². The lowest BCUT2D eigenvalue weighted by molar-refractivity contribution is -0.122. The predicted octanol–water partition coefficient (Wildman–Crippen LogP) is 5.23. The Bertz CT molecular complexity index is 307. The highest BCUT2D eigenvalue weighted by Gasteiger charge is 2.23. The van der Waals surface area contributed by atoms with E-state index in [9.17, 15) is 4.79 Å². The highest BCUT2D eigenvalue weighted by molar-refractivity contribution is 5.76. The smallest absolute Gasteiger partial charge is 0.220 e. The molecule has 23 heavy (non-hydrogen) atoms. The number of nitrogens with one attached hydrogen (secondary N) is 1. The largest absolute Gasteiger partial charge is 0.376 e. The van der Waals surface area contributed by atoms with Crippen molar-refractivity contribution in [2.75, 3.05) is 0 Å². The van der Waals surface area contributed by atoms with Crippen molar-refractivity contribution in [3.05, 3.63) is 0 Å². The van der Waals surface area contributed by atoms with Crippen molar-refractivity contribution in [3.63, 3.8) is 0 Å². The lowest BCUT2D eigenvalue weighted by atomic mass is 9.92. The van der Waals surface area contributed by atoms with Crippen LogP contribution >= 0.6 is 0 Å². The zero-order valence-corrected chi connectivity index (χ0v) is 15.9. The molecule has 1 fully saturated rings. The summed E-state index contributed by atoms with van der Waals surface area (Å²) in [5.74, 6) is 1.07. The van der Waals surface area contributed by atoms with Gasteiger partial charge in [0.05, 0.1) is 12.2 Å². The average molecular weight is 326 g/mol. The molecule has 0 spiro atoms. The summed E-state index contributed by atoms with van der Waals surface area (Å²) in [6.07, 6.45) is 13.2. The molecule has 1 rings (SSSR count). The van der Waals surface area contributed by atoms with Crippen LogP contribution in [0.15, 0.2) is 0 Å². The molecule has 1 saturated carbocycles. The van der Waals surface area contributed by atoms with Crippen LogP contribution in [-0.2, 0) is 9.53 Å². The summed E-state index contributed by atoms with van der Waals surface area (Å²) in [6, 6.07) is 0.376. The molecule has 0 unspecified atom stereocenters. The van der Waals surface area contributed by atoms with Gasteiger partial charge in [-0.1, -0.05) is 46.0 Å². The molecule has 0 aliphatic heterocycles. The lowest BCUT2D eigenvalue weighted by Crippen LogP contribution is -2.39. The van der Waals surface area contributed by atoms with Crippen molar-refractivity contribution >= 4 is 5.91 Å². The SMILES string of the molecule is CC(C)CCCCCCCC(=O)NC1CCC(OC(C)C)CC1. The van der Waals surface area contributed by atoms with Crippen molar-refractivity contribution in [2.24, 2.45) is 5.92 Å². The van der Waals surface area contributed by atoms with Crippen LogP contribution in [0.1, 0.15) is 98.3 Å². The minimum absolute atomic E-state index is 0.250. The summed E-state index contributed by atoms with van der Waals surface area (Å²) in [7, 11) is 0. The molecule has 0 aromatic heterocycles. The molecule has 3 nitrogen and oxygen atoms in total. The molecule has 3 heteroatoms. The maximum absolute atomic E-state index is 12.0. The molecule has 0 atom stereocenters. The Hall–Kier alpha value is -0.570. The Labute approximate surface area is 143 Å². The Morgan fingerprint density at radius 1 is 0.957 bits per heavy atom. The van der Waals surface area contributed by atoms with Crippen molar-refractivity contribution in [1.29, 1.82) is 0 Å². The summed E-state index contributed by atoms with van der Waals surface area (Å²) in [5.41, 5.74) is 0. The fourth-order valence-electron chi connectivity index (χ4n) is 3.40. The monoisotopic (exact) mass is 325 g/mol. The van der Waals surface area contributed by atoms with E-state index in [1.165, 1.54) is 32.1 Å². The molecule has 0 saturated heterocycles. The Balaban J connectivity index is 1.98. The first-order valence-corrected chi connectivity index (χ1v) is 9.92. The minimum atomic E-state index is 0.250. The third kappa shape index (κ3) is 10.8. The van der Waals surface area contributed by atoms with Crippen LogP contribution in [0, 0.1) is 5.92 Å². The van der Waals surface area contributed by atoms with Crippen molar-refractivity contribution in [2.45, 2.75) is 117 Å². The zero-order valence-electron chi connectivity index (χ0n) is 15.9. The summed E-state index contributed by atoms with van der Waals surface area (Å²) in [4.78, 5) is 12.0. The van der Waals surface area contributed by atoms with E-state index in [1.54, 1.807) is 0 Å². The number of carbonyl (C=O) groups is 1. The number of hydrogen-bond acceptors (Lipinski definition) is 2. The number of rotatable bonds is 11. The number of unbranched alkanes of at least 4 members (excludes halogenated alkanes) is 4. The highest BCUT2D eigenvalue weighted by Crippen LogP contribution is 2.22. The molecule has 1 amide bonds. The molecule has 0 aromatic rings. The van der Waals surface area contributed by atoms with Crippen LogP contribution in [0.3, 0.4) is 0 Å². The van der Waals surface area contributed by atoms with Gasteiger partial charge in [0.15, 0.2) is 0 Å². The maximum atomic E-state index is 12.0. The first-order valence-electron chi connectivity index (χ1n) is 9.92. The fraction of sp³-hybridized carbons (Fsp3) is 0.950. The topological polar surface area (TPSA) is 38.3 Å². The van der Waals surface area contributed by atoms with Crippen molar-refractivity contribution in [3.8, 4) is 0 Å². The van der Waals surface area contributed by atoms with Crippen LogP contribution < -0.4 is 5.32 Å². The number of carbonyl (C=O) groups excluding carboxylic acids is 1. The van der Waals surface area contributed by atoms with Gasteiger partial charge in [-0.2, -0.15) is 0 Å². The van der Waals surface area contributed by atoms with Crippen molar-refractivity contribution in [1.82, 2.24) is 5.32 Å². The van der Waals surface area contributed by atoms with Crippen molar-refractivity contribution < 1.29 is 9.53 Å². The molecule has 0 aromatic carbocycles. The van der Waals surface area contributed by atoms with E-state index < -0.39 is 0 Å². The Morgan fingerprint density at radius 2 is 1.57 bits per heavy atom. The molecule has 0 radical (unpaired) electrons.